The molecule has 44 heavy (non-hydrogen) atoms. The summed E-state index contributed by atoms with van der Waals surface area (Å²) in [6.45, 7) is 2.20. The van der Waals surface area contributed by atoms with E-state index in [-0.39, 0.29) is 5.92 Å². The van der Waals surface area contributed by atoms with Crippen molar-refractivity contribution in [3.63, 3.8) is 0 Å². The molecule has 1 atom stereocenters. The van der Waals surface area contributed by atoms with Gasteiger partial charge in [0.15, 0.2) is 0 Å². The van der Waals surface area contributed by atoms with E-state index in [0.29, 0.717) is 5.84 Å². The molecule has 6 aromatic carbocycles. The lowest BCUT2D eigenvalue weighted by Gasteiger charge is -2.26. The predicted octanol–water partition coefficient (Wildman–Crippen LogP) is 10.4. The van der Waals surface area contributed by atoms with Crippen LogP contribution in [0.1, 0.15) is 29.5 Å². The summed E-state index contributed by atoms with van der Waals surface area (Å²) < 4.78 is 0. The summed E-state index contributed by atoms with van der Waals surface area (Å²) >= 11 is 0. The summed E-state index contributed by atoms with van der Waals surface area (Å²) in [5.41, 5.74) is 18.5. The molecule has 1 unspecified atom stereocenters. The van der Waals surface area contributed by atoms with E-state index in [0.717, 1.165) is 56.1 Å². The van der Waals surface area contributed by atoms with Gasteiger partial charge < -0.3 is 10.6 Å². The van der Waals surface area contributed by atoms with Crippen LogP contribution in [0.3, 0.4) is 0 Å². The second kappa shape index (κ2) is 11.9. The minimum absolute atomic E-state index is 0.147. The van der Waals surface area contributed by atoms with Crippen LogP contribution >= 0.6 is 0 Å². The molecule has 7 rings (SSSR count). The van der Waals surface area contributed by atoms with E-state index in [9.17, 15) is 0 Å². The molecule has 8 bridgehead atoms. The number of aliphatic imine (C=N–C) groups is 1. The highest BCUT2D eigenvalue weighted by Crippen LogP contribution is 2.39. The SMILES string of the molecule is CC(/C=C1\N=C(/N)c2cccc(c2)-c2cccc(c2)N(c2ccccc2)c2cccc(c2)-c2cccc1c2)c1ccccc1. The van der Waals surface area contributed by atoms with Crippen LogP contribution in [-0.2, 0) is 0 Å². The molecule has 1 aliphatic rings. The lowest BCUT2D eigenvalue weighted by atomic mass is 9.96. The van der Waals surface area contributed by atoms with Gasteiger partial charge in [-0.15, -0.1) is 0 Å². The number of allylic oxidation sites excluding steroid dienone is 1. The maximum Gasteiger partial charge on any atom is 0.131 e. The molecule has 0 saturated carbocycles. The van der Waals surface area contributed by atoms with Crippen molar-refractivity contribution >= 4 is 28.6 Å². The normalized spacial score (nSPS) is 15.3. The largest absolute Gasteiger partial charge is 0.383 e. The van der Waals surface area contributed by atoms with Crippen LogP contribution < -0.4 is 10.6 Å². The number of hydrogen-bond acceptors (Lipinski definition) is 3. The molecule has 0 aromatic heterocycles. The van der Waals surface area contributed by atoms with Gasteiger partial charge in [0.1, 0.15) is 5.84 Å². The number of anilines is 3. The quantitative estimate of drug-likeness (QED) is 0.231. The van der Waals surface area contributed by atoms with Crippen molar-refractivity contribution in [3.05, 3.63) is 180 Å². The Kier molecular flexibility index (Phi) is 7.35. The Balaban J connectivity index is 1.47. The molecule has 212 valence electrons. The van der Waals surface area contributed by atoms with Gasteiger partial charge in [0, 0.05) is 34.1 Å². The van der Waals surface area contributed by atoms with E-state index in [2.05, 4.69) is 163 Å². The van der Waals surface area contributed by atoms with Crippen molar-refractivity contribution in [1.82, 2.24) is 0 Å². The van der Waals surface area contributed by atoms with Gasteiger partial charge >= 0.3 is 0 Å². The number of rotatable bonds is 3. The minimum atomic E-state index is 0.147. The number of benzene rings is 6. The second-order valence-electron chi connectivity index (χ2n) is 11.2. The highest BCUT2D eigenvalue weighted by atomic mass is 15.1. The third-order valence-corrected chi connectivity index (χ3v) is 8.18. The summed E-state index contributed by atoms with van der Waals surface area (Å²) in [6.07, 6.45) is 2.21. The van der Waals surface area contributed by atoms with Crippen LogP contribution in [0.15, 0.2) is 169 Å². The van der Waals surface area contributed by atoms with E-state index in [1.54, 1.807) is 0 Å². The van der Waals surface area contributed by atoms with Crippen molar-refractivity contribution < 1.29 is 0 Å². The number of nitrogens with zero attached hydrogens (tertiary/aromatic N) is 2. The van der Waals surface area contributed by atoms with Crippen molar-refractivity contribution in [2.75, 3.05) is 4.90 Å². The number of hydrogen-bond donors (Lipinski definition) is 1. The molecule has 1 aliphatic heterocycles. The third-order valence-electron chi connectivity index (χ3n) is 8.18. The molecule has 0 radical (unpaired) electrons. The van der Waals surface area contributed by atoms with Gasteiger partial charge in [0.2, 0.25) is 0 Å². The summed E-state index contributed by atoms with van der Waals surface area (Å²) in [7, 11) is 0. The molecule has 3 heteroatoms. The molecule has 0 saturated heterocycles. The van der Waals surface area contributed by atoms with Crippen LogP contribution in [0, 0.1) is 0 Å². The van der Waals surface area contributed by atoms with Gasteiger partial charge in [-0.25, -0.2) is 4.99 Å². The van der Waals surface area contributed by atoms with Gasteiger partial charge in [-0.05, 0) is 76.3 Å². The standard InChI is InChI=1S/C41H33N3/c1-29(30-12-4-2-5-13-30)24-40-35-18-8-14-31(25-35)33-16-10-22-38(27-33)44(37-20-6-3-7-21-37)39-23-11-17-34(28-39)32-15-9-19-36(26-32)41(42)43-40/h2-29H,1H3,(H2,42,43)/b40-24-. The highest BCUT2D eigenvalue weighted by Gasteiger charge is 2.16. The van der Waals surface area contributed by atoms with E-state index in [1.807, 2.05) is 12.1 Å². The van der Waals surface area contributed by atoms with Gasteiger partial charge in [0.25, 0.3) is 0 Å². The maximum absolute atomic E-state index is 6.78. The van der Waals surface area contributed by atoms with Gasteiger partial charge in [-0.2, -0.15) is 0 Å². The number of fused-ring (bicyclic) bond motifs is 10. The average molecular weight is 568 g/mol. The molecular weight excluding hydrogens is 534 g/mol. The molecular formula is C41H33N3. The number of nitrogens with two attached hydrogens (primary N) is 1. The molecule has 3 nitrogen and oxygen atoms in total. The lowest BCUT2D eigenvalue weighted by molar-refractivity contribution is 0.967. The summed E-state index contributed by atoms with van der Waals surface area (Å²) in [5.74, 6) is 0.633. The minimum Gasteiger partial charge on any atom is -0.383 e. The van der Waals surface area contributed by atoms with Crippen LogP contribution in [0.5, 0.6) is 0 Å². The molecule has 0 aliphatic carbocycles. The Morgan fingerprint density at radius 1 is 0.500 bits per heavy atom. The van der Waals surface area contributed by atoms with Crippen molar-refractivity contribution in [2.24, 2.45) is 10.7 Å². The molecule has 6 aromatic rings. The monoisotopic (exact) mass is 567 g/mol. The number of amidine groups is 1. The zero-order valence-corrected chi connectivity index (χ0v) is 24.6. The van der Waals surface area contributed by atoms with E-state index in [1.165, 1.54) is 5.56 Å². The molecule has 0 amide bonds. The van der Waals surface area contributed by atoms with Crippen LogP contribution in [-0.4, -0.2) is 5.84 Å². The maximum atomic E-state index is 6.78. The first-order valence-corrected chi connectivity index (χ1v) is 15.0. The number of para-hydroxylation sites is 1. The summed E-state index contributed by atoms with van der Waals surface area (Å²) in [5, 5.41) is 0. The molecule has 0 fully saturated rings. The van der Waals surface area contributed by atoms with Gasteiger partial charge in [-0.1, -0.05) is 122 Å². The Morgan fingerprint density at radius 2 is 0.955 bits per heavy atom. The first kappa shape index (κ1) is 27.2. The van der Waals surface area contributed by atoms with Crippen LogP contribution in [0.25, 0.3) is 28.0 Å². The lowest BCUT2D eigenvalue weighted by Crippen LogP contribution is -2.14. The van der Waals surface area contributed by atoms with Crippen LogP contribution in [0.2, 0.25) is 0 Å². The third kappa shape index (κ3) is 5.56. The zero-order valence-electron chi connectivity index (χ0n) is 24.6. The van der Waals surface area contributed by atoms with Gasteiger partial charge in [-0.3, -0.25) is 0 Å². The fourth-order valence-electron chi connectivity index (χ4n) is 5.87. The molecule has 2 N–H and O–H groups in total. The Labute approximate surface area is 259 Å². The van der Waals surface area contributed by atoms with E-state index in [4.69, 9.17) is 10.7 Å². The Hall–Kier alpha value is -5.67. The average Bonchev–Trinajstić information content (AvgIpc) is 3.09. The summed E-state index contributed by atoms with van der Waals surface area (Å²) in [4.78, 5) is 7.39. The van der Waals surface area contributed by atoms with E-state index >= 15 is 0 Å². The summed E-state index contributed by atoms with van der Waals surface area (Å²) in [6, 6.07) is 55.4. The first-order valence-electron chi connectivity index (χ1n) is 15.0. The van der Waals surface area contributed by atoms with Gasteiger partial charge in [0.05, 0.1) is 5.70 Å². The molecule has 1 heterocycles. The smallest absolute Gasteiger partial charge is 0.131 e. The molecule has 0 spiro atoms. The highest BCUT2D eigenvalue weighted by molar-refractivity contribution is 6.01. The predicted molar refractivity (Wildman–Crippen MR) is 186 cm³/mol. The van der Waals surface area contributed by atoms with Crippen molar-refractivity contribution in [1.29, 1.82) is 0 Å². The Bertz CT molecular complexity index is 1990. The van der Waals surface area contributed by atoms with Crippen LogP contribution in [0.4, 0.5) is 17.1 Å². The van der Waals surface area contributed by atoms with E-state index < -0.39 is 0 Å². The van der Waals surface area contributed by atoms with Crippen molar-refractivity contribution in [2.45, 2.75) is 12.8 Å². The first-order chi connectivity index (χ1) is 21.6. The Morgan fingerprint density at radius 3 is 1.57 bits per heavy atom. The second-order valence-corrected chi connectivity index (χ2v) is 11.2. The topological polar surface area (TPSA) is 41.6 Å². The van der Waals surface area contributed by atoms with Crippen molar-refractivity contribution in [3.8, 4) is 22.3 Å². The fourth-order valence-corrected chi connectivity index (χ4v) is 5.87. The fraction of sp³-hybridized carbons (Fsp3) is 0.0488. The zero-order chi connectivity index (χ0) is 29.9.